The number of hydrogen-bond acceptors (Lipinski definition) is 5. The number of ether oxygens (including phenoxy) is 2. The summed E-state index contributed by atoms with van der Waals surface area (Å²) in [5.41, 5.74) is 2.10. The second-order valence-electron chi connectivity index (χ2n) is 5.21. The van der Waals surface area contributed by atoms with E-state index in [4.69, 9.17) is 9.47 Å². The van der Waals surface area contributed by atoms with Crippen molar-refractivity contribution in [1.29, 1.82) is 0 Å². The zero-order chi connectivity index (χ0) is 15.2. The molecular formula is C16H22N2O2S. The fourth-order valence-electron chi connectivity index (χ4n) is 1.83. The molecule has 0 saturated carbocycles. The summed E-state index contributed by atoms with van der Waals surface area (Å²) in [6.07, 6.45) is 0. The maximum absolute atomic E-state index is 5.81. The highest BCUT2D eigenvalue weighted by Gasteiger charge is 2.07. The molecule has 1 N–H and O–H groups in total. The predicted molar refractivity (Wildman–Crippen MR) is 86.2 cm³/mol. The lowest BCUT2D eigenvalue weighted by Crippen LogP contribution is -2.21. The van der Waals surface area contributed by atoms with E-state index in [0.29, 0.717) is 12.6 Å². The van der Waals surface area contributed by atoms with Gasteiger partial charge in [0.05, 0.1) is 12.8 Å². The van der Waals surface area contributed by atoms with E-state index in [9.17, 15) is 0 Å². The third-order valence-electron chi connectivity index (χ3n) is 2.96. The van der Waals surface area contributed by atoms with E-state index in [0.717, 1.165) is 34.3 Å². The highest BCUT2D eigenvalue weighted by Crippen LogP contribution is 2.28. The van der Waals surface area contributed by atoms with Crippen LogP contribution in [0.2, 0.25) is 0 Å². The molecule has 5 heteroatoms. The molecule has 0 fully saturated rings. The molecule has 0 bridgehead atoms. The molecule has 1 aromatic heterocycles. The Hall–Kier alpha value is -1.59. The van der Waals surface area contributed by atoms with Gasteiger partial charge < -0.3 is 14.8 Å². The van der Waals surface area contributed by atoms with Crippen LogP contribution in [0.4, 0.5) is 0 Å². The molecular weight excluding hydrogens is 284 g/mol. The van der Waals surface area contributed by atoms with Crippen LogP contribution in [-0.4, -0.2) is 18.1 Å². The molecule has 0 saturated heterocycles. The molecule has 21 heavy (non-hydrogen) atoms. The molecule has 4 nitrogen and oxygen atoms in total. The lowest BCUT2D eigenvalue weighted by Gasteiger charge is -2.10. The average Bonchev–Trinajstić information content (AvgIpc) is 2.91. The maximum atomic E-state index is 5.81. The molecule has 1 aromatic carbocycles. The van der Waals surface area contributed by atoms with Crippen LogP contribution in [-0.2, 0) is 13.2 Å². The van der Waals surface area contributed by atoms with Crippen molar-refractivity contribution in [2.75, 3.05) is 7.11 Å². The molecule has 0 atom stereocenters. The maximum Gasteiger partial charge on any atom is 0.161 e. The minimum absolute atomic E-state index is 0.456. The summed E-state index contributed by atoms with van der Waals surface area (Å²) in [4.78, 5) is 4.56. The number of rotatable bonds is 7. The molecule has 1 heterocycles. The van der Waals surface area contributed by atoms with Gasteiger partial charge in [0.25, 0.3) is 0 Å². The first-order valence-corrected chi connectivity index (χ1v) is 7.90. The van der Waals surface area contributed by atoms with Crippen molar-refractivity contribution in [3.05, 3.63) is 39.8 Å². The number of methoxy groups -OCH3 is 1. The van der Waals surface area contributed by atoms with Crippen molar-refractivity contribution in [2.24, 2.45) is 0 Å². The van der Waals surface area contributed by atoms with Gasteiger partial charge in [-0.2, -0.15) is 0 Å². The standard InChI is InChI=1S/C16H22N2O2S/c1-11(2)17-8-16-18-13(10-21-16)9-20-14-6-5-12(3)7-15(14)19-4/h5-7,10-11,17H,8-9H2,1-4H3. The van der Waals surface area contributed by atoms with Crippen LogP contribution in [0, 0.1) is 6.92 Å². The highest BCUT2D eigenvalue weighted by molar-refractivity contribution is 7.09. The van der Waals surface area contributed by atoms with Crippen LogP contribution in [0.25, 0.3) is 0 Å². The topological polar surface area (TPSA) is 43.4 Å². The summed E-state index contributed by atoms with van der Waals surface area (Å²) >= 11 is 1.65. The van der Waals surface area contributed by atoms with Gasteiger partial charge in [-0.15, -0.1) is 11.3 Å². The fourth-order valence-corrected chi connectivity index (χ4v) is 2.56. The first kappa shape index (κ1) is 15.8. The van der Waals surface area contributed by atoms with Crippen LogP contribution >= 0.6 is 11.3 Å². The Morgan fingerprint density at radius 3 is 2.81 bits per heavy atom. The number of thiazole rings is 1. The summed E-state index contributed by atoms with van der Waals surface area (Å²) < 4.78 is 11.1. The van der Waals surface area contributed by atoms with E-state index in [1.165, 1.54) is 0 Å². The molecule has 114 valence electrons. The Labute approximate surface area is 130 Å². The van der Waals surface area contributed by atoms with Crippen molar-refractivity contribution in [1.82, 2.24) is 10.3 Å². The number of benzene rings is 1. The number of nitrogens with zero attached hydrogens (tertiary/aromatic N) is 1. The molecule has 2 rings (SSSR count). The van der Waals surface area contributed by atoms with Crippen LogP contribution in [0.5, 0.6) is 11.5 Å². The highest BCUT2D eigenvalue weighted by atomic mass is 32.1. The SMILES string of the molecule is COc1cc(C)ccc1OCc1csc(CNC(C)C)n1. The fraction of sp³-hybridized carbons (Fsp3) is 0.438. The lowest BCUT2D eigenvalue weighted by molar-refractivity contribution is 0.281. The Morgan fingerprint density at radius 2 is 2.10 bits per heavy atom. The molecule has 0 aliphatic rings. The van der Waals surface area contributed by atoms with Crippen LogP contribution < -0.4 is 14.8 Å². The van der Waals surface area contributed by atoms with Gasteiger partial charge in [0.2, 0.25) is 0 Å². The van der Waals surface area contributed by atoms with Crippen molar-refractivity contribution >= 4 is 11.3 Å². The van der Waals surface area contributed by atoms with Gasteiger partial charge in [-0.1, -0.05) is 19.9 Å². The third-order valence-corrected chi connectivity index (χ3v) is 3.85. The van der Waals surface area contributed by atoms with Crippen molar-refractivity contribution in [3.8, 4) is 11.5 Å². The zero-order valence-electron chi connectivity index (χ0n) is 13.0. The monoisotopic (exact) mass is 306 g/mol. The smallest absolute Gasteiger partial charge is 0.161 e. The second kappa shape index (κ2) is 7.43. The van der Waals surface area contributed by atoms with E-state index in [2.05, 4.69) is 24.1 Å². The van der Waals surface area contributed by atoms with Gasteiger partial charge in [-0.25, -0.2) is 4.98 Å². The Morgan fingerprint density at radius 1 is 1.29 bits per heavy atom. The normalized spacial score (nSPS) is 10.9. The molecule has 0 aliphatic carbocycles. The van der Waals surface area contributed by atoms with E-state index in [1.54, 1.807) is 18.4 Å². The molecule has 0 amide bonds. The molecule has 2 aromatic rings. The van der Waals surface area contributed by atoms with Gasteiger partial charge >= 0.3 is 0 Å². The van der Waals surface area contributed by atoms with E-state index in [1.807, 2.05) is 30.5 Å². The van der Waals surface area contributed by atoms with Crippen LogP contribution in [0.3, 0.4) is 0 Å². The largest absolute Gasteiger partial charge is 0.493 e. The summed E-state index contributed by atoms with van der Waals surface area (Å²) in [5, 5.41) is 6.48. The molecule has 0 radical (unpaired) electrons. The first-order chi connectivity index (χ1) is 10.1. The summed E-state index contributed by atoms with van der Waals surface area (Å²) in [7, 11) is 1.65. The van der Waals surface area contributed by atoms with E-state index in [-0.39, 0.29) is 0 Å². The van der Waals surface area contributed by atoms with Crippen LogP contribution in [0.15, 0.2) is 23.6 Å². The molecule has 0 aliphatic heterocycles. The van der Waals surface area contributed by atoms with E-state index < -0.39 is 0 Å². The Balaban J connectivity index is 1.94. The zero-order valence-corrected chi connectivity index (χ0v) is 13.8. The Kier molecular flexibility index (Phi) is 5.59. The third kappa shape index (κ3) is 4.72. The van der Waals surface area contributed by atoms with Crippen molar-refractivity contribution < 1.29 is 9.47 Å². The lowest BCUT2D eigenvalue weighted by atomic mass is 10.2. The van der Waals surface area contributed by atoms with Gasteiger partial charge in [-0.3, -0.25) is 0 Å². The minimum Gasteiger partial charge on any atom is -0.493 e. The van der Waals surface area contributed by atoms with E-state index >= 15 is 0 Å². The van der Waals surface area contributed by atoms with Gasteiger partial charge in [-0.05, 0) is 24.6 Å². The minimum atomic E-state index is 0.456. The first-order valence-electron chi connectivity index (χ1n) is 7.02. The van der Waals surface area contributed by atoms with Crippen LogP contribution in [0.1, 0.15) is 30.1 Å². The van der Waals surface area contributed by atoms with Gasteiger partial charge in [0, 0.05) is 18.0 Å². The predicted octanol–water partition coefficient (Wildman–Crippen LogP) is 3.54. The van der Waals surface area contributed by atoms with Crippen molar-refractivity contribution in [3.63, 3.8) is 0 Å². The summed E-state index contributed by atoms with van der Waals surface area (Å²) in [5.74, 6) is 1.50. The number of aryl methyl sites for hydroxylation is 1. The van der Waals surface area contributed by atoms with Gasteiger partial charge in [0.15, 0.2) is 11.5 Å². The number of hydrogen-bond donors (Lipinski definition) is 1. The Bertz CT molecular complexity index is 581. The second-order valence-corrected chi connectivity index (χ2v) is 6.15. The number of aromatic nitrogens is 1. The summed E-state index contributed by atoms with van der Waals surface area (Å²) in [6, 6.07) is 6.37. The molecule has 0 spiro atoms. The van der Waals surface area contributed by atoms with Crippen molar-refractivity contribution in [2.45, 2.75) is 40.0 Å². The molecule has 0 unspecified atom stereocenters. The van der Waals surface area contributed by atoms with Gasteiger partial charge in [0.1, 0.15) is 11.6 Å². The number of nitrogens with one attached hydrogen (secondary N) is 1. The average molecular weight is 306 g/mol. The quantitative estimate of drug-likeness (QED) is 0.850. The summed E-state index contributed by atoms with van der Waals surface area (Å²) in [6.45, 7) is 7.54.